The molecule has 1 unspecified atom stereocenters. The highest BCUT2D eigenvalue weighted by Crippen LogP contribution is 2.16. The first-order valence-corrected chi connectivity index (χ1v) is 7.06. The number of nitrogens with one attached hydrogen (secondary N) is 1. The van der Waals surface area contributed by atoms with Crippen molar-refractivity contribution in [1.82, 2.24) is 9.78 Å². The first-order valence-electron chi connectivity index (χ1n) is 6.26. The standard InChI is InChI=1S/C12H20BrN3O3/c1-3-4-9(17)7-14-10-8-15-16(5-6-19-2)12(18)11(10)13/h8-9,14,17H,3-7H2,1-2H3. The van der Waals surface area contributed by atoms with Gasteiger partial charge in [0.15, 0.2) is 0 Å². The van der Waals surface area contributed by atoms with E-state index in [-0.39, 0.29) is 5.56 Å². The van der Waals surface area contributed by atoms with Crippen LogP contribution >= 0.6 is 15.9 Å². The third-order valence-electron chi connectivity index (χ3n) is 2.64. The zero-order valence-corrected chi connectivity index (χ0v) is 12.8. The maximum absolute atomic E-state index is 12.0. The van der Waals surface area contributed by atoms with Crippen LogP contribution in [0.1, 0.15) is 19.8 Å². The summed E-state index contributed by atoms with van der Waals surface area (Å²) in [5.41, 5.74) is 0.376. The summed E-state index contributed by atoms with van der Waals surface area (Å²) in [5, 5.41) is 16.7. The number of nitrogens with zero attached hydrogens (tertiary/aromatic N) is 2. The average molecular weight is 334 g/mol. The molecule has 0 radical (unpaired) electrons. The van der Waals surface area contributed by atoms with Gasteiger partial charge in [-0.15, -0.1) is 0 Å². The Labute approximate surface area is 120 Å². The second kappa shape index (κ2) is 8.29. The van der Waals surface area contributed by atoms with Gasteiger partial charge >= 0.3 is 0 Å². The van der Waals surface area contributed by atoms with Gasteiger partial charge in [-0.1, -0.05) is 13.3 Å². The second-order valence-corrected chi connectivity index (χ2v) is 5.01. The van der Waals surface area contributed by atoms with Gasteiger partial charge in [0.1, 0.15) is 4.47 Å². The van der Waals surface area contributed by atoms with Crippen LogP contribution in [0.2, 0.25) is 0 Å². The molecule has 108 valence electrons. The second-order valence-electron chi connectivity index (χ2n) is 4.22. The third kappa shape index (κ3) is 4.93. The molecule has 0 bridgehead atoms. The Balaban J connectivity index is 2.71. The van der Waals surface area contributed by atoms with Gasteiger partial charge in [0.05, 0.1) is 31.1 Å². The van der Waals surface area contributed by atoms with Gasteiger partial charge < -0.3 is 15.2 Å². The maximum Gasteiger partial charge on any atom is 0.283 e. The Morgan fingerprint density at radius 2 is 2.37 bits per heavy atom. The van der Waals surface area contributed by atoms with E-state index in [0.717, 1.165) is 12.8 Å². The Morgan fingerprint density at radius 3 is 3.00 bits per heavy atom. The van der Waals surface area contributed by atoms with Crippen molar-refractivity contribution in [2.45, 2.75) is 32.4 Å². The first-order chi connectivity index (χ1) is 9.10. The van der Waals surface area contributed by atoms with Crippen molar-refractivity contribution in [3.63, 3.8) is 0 Å². The number of aromatic nitrogens is 2. The Kier molecular flexibility index (Phi) is 7.04. The minimum atomic E-state index is -0.423. The van der Waals surface area contributed by atoms with E-state index in [4.69, 9.17) is 4.74 Å². The van der Waals surface area contributed by atoms with Crippen LogP contribution in [0.3, 0.4) is 0 Å². The van der Waals surface area contributed by atoms with Gasteiger partial charge in [-0.2, -0.15) is 5.10 Å². The van der Waals surface area contributed by atoms with Crippen LogP contribution in [-0.4, -0.2) is 41.3 Å². The van der Waals surface area contributed by atoms with Crippen LogP contribution in [0, 0.1) is 0 Å². The molecule has 1 aromatic heterocycles. The molecule has 0 aromatic carbocycles. The van der Waals surface area contributed by atoms with Crippen LogP contribution in [0.5, 0.6) is 0 Å². The minimum absolute atomic E-state index is 0.216. The molecule has 1 rings (SSSR count). The van der Waals surface area contributed by atoms with E-state index < -0.39 is 6.10 Å². The van der Waals surface area contributed by atoms with Gasteiger partial charge in [0, 0.05) is 13.7 Å². The summed E-state index contributed by atoms with van der Waals surface area (Å²) in [6, 6.07) is 0. The number of hydrogen-bond acceptors (Lipinski definition) is 5. The summed E-state index contributed by atoms with van der Waals surface area (Å²) >= 11 is 3.25. The van der Waals surface area contributed by atoms with Crippen molar-refractivity contribution in [2.24, 2.45) is 0 Å². The fraction of sp³-hybridized carbons (Fsp3) is 0.667. The zero-order chi connectivity index (χ0) is 14.3. The predicted octanol–water partition coefficient (Wildman–Crippen LogP) is 1.23. The summed E-state index contributed by atoms with van der Waals surface area (Å²) in [6.45, 7) is 3.25. The molecule has 1 heterocycles. The largest absolute Gasteiger partial charge is 0.391 e. The fourth-order valence-electron chi connectivity index (χ4n) is 1.59. The summed E-state index contributed by atoms with van der Waals surface area (Å²) in [6.07, 6.45) is 2.79. The van der Waals surface area contributed by atoms with Gasteiger partial charge in [-0.25, -0.2) is 4.68 Å². The zero-order valence-electron chi connectivity index (χ0n) is 11.2. The lowest BCUT2D eigenvalue weighted by Gasteiger charge is -2.13. The number of ether oxygens (including phenoxy) is 1. The fourth-order valence-corrected chi connectivity index (χ4v) is 2.04. The summed E-state index contributed by atoms with van der Waals surface area (Å²) < 4.78 is 6.67. The van der Waals surface area contributed by atoms with Crippen molar-refractivity contribution < 1.29 is 9.84 Å². The topological polar surface area (TPSA) is 76.4 Å². The highest BCUT2D eigenvalue weighted by atomic mass is 79.9. The molecule has 0 aliphatic rings. The van der Waals surface area contributed by atoms with E-state index in [1.54, 1.807) is 13.3 Å². The molecule has 0 aliphatic heterocycles. The van der Waals surface area contributed by atoms with E-state index in [2.05, 4.69) is 26.3 Å². The van der Waals surface area contributed by atoms with E-state index in [1.165, 1.54) is 4.68 Å². The molecular weight excluding hydrogens is 314 g/mol. The number of hydrogen-bond donors (Lipinski definition) is 2. The average Bonchev–Trinajstić information content (AvgIpc) is 2.40. The molecular formula is C12H20BrN3O3. The van der Waals surface area contributed by atoms with Crippen molar-refractivity contribution >= 4 is 21.6 Å². The summed E-state index contributed by atoms with van der Waals surface area (Å²) in [7, 11) is 1.57. The van der Waals surface area contributed by atoms with Crippen LogP contribution in [-0.2, 0) is 11.3 Å². The smallest absolute Gasteiger partial charge is 0.283 e. The lowest BCUT2D eigenvalue weighted by atomic mass is 10.2. The monoisotopic (exact) mass is 333 g/mol. The van der Waals surface area contributed by atoms with Crippen LogP contribution in [0.25, 0.3) is 0 Å². The summed E-state index contributed by atoms with van der Waals surface area (Å²) in [5.74, 6) is 0. The molecule has 1 atom stereocenters. The minimum Gasteiger partial charge on any atom is -0.391 e. The van der Waals surface area contributed by atoms with Gasteiger partial charge in [0.25, 0.3) is 5.56 Å². The maximum atomic E-state index is 12.0. The van der Waals surface area contributed by atoms with Crippen molar-refractivity contribution in [2.75, 3.05) is 25.6 Å². The molecule has 2 N–H and O–H groups in total. The molecule has 0 spiro atoms. The molecule has 7 heteroatoms. The molecule has 19 heavy (non-hydrogen) atoms. The molecule has 0 saturated heterocycles. The van der Waals surface area contributed by atoms with E-state index in [1.807, 2.05) is 6.92 Å². The molecule has 6 nitrogen and oxygen atoms in total. The SMILES string of the molecule is CCCC(O)CNc1cnn(CCOC)c(=O)c1Br. The predicted molar refractivity (Wildman–Crippen MR) is 77.5 cm³/mol. The van der Waals surface area contributed by atoms with E-state index in [0.29, 0.717) is 29.9 Å². The Bertz CT molecular complexity index is 450. The van der Waals surface area contributed by atoms with Gasteiger partial charge in [-0.3, -0.25) is 4.79 Å². The Hall–Kier alpha value is -0.920. The molecule has 1 aromatic rings. The lowest BCUT2D eigenvalue weighted by Crippen LogP contribution is -2.27. The number of aliphatic hydroxyl groups is 1. The van der Waals surface area contributed by atoms with Crippen molar-refractivity contribution in [3.8, 4) is 0 Å². The first kappa shape index (κ1) is 16.1. The van der Waals surface area contributed by atoms with Gasteiger partial charge in [0.2, 0.25) is 0 Å². The third-order valence-corrected chi connectivity index (χ3v) is 3.41. The van der Waals surface area contributed by atoms with Crippen molar-refractivity contribution in [3.05, 3.63) is 21.0 Å². The van der Waals surface area contributed by atoms with E-state index >= 15 is 0 Å². The number of rotatable bonds is 8. The van der Waals surface area contributed by atoms with Gasteiger partial charge in [-0.05, 0) is 22.4 Å². The number of aliphatic hydroxyl groups excluding tert-OH is 1. The van der Waals surface area contributed by atoms with Crippen LogP contribution < -0.4 is 10.9 Å². The molecule has 0 fully saturated rings. The Morgan fingerprint density at radius 1 is 1.63 bits per heavy atom. The molecule has 0 amide bonds. The summed E-state index contributed by atoms with van der Waals surface area (Å²) in [4.78, 5) is 12.0. The quantitative estimate of drug-likeness (QED) is 0.748. The normalized spacial score (nSPS) is 12.4. The van der Waals surface area contributed by atoms with Crippen LogP contribution in [0.4, 0.5) is 5.69 Å². The number of anilines is 1. The molecule has 0 saturated carbocycles. The van der Waals surface area contributed by atoms with Crippen LogP contribution in [0.15, 0.2) is 15.5 Å². The van der Waals surface area contributed by atoms with E-state index in [9.17, 15) is 9.90 Å². The number of methoxy groups -OCH3 is 1. The highest BCUT2D eigenvalue weighted by Gasteiger charge is 2.10. The van der Waals surface area contributed by atoms with Crippen molar-refractivity contribution in [1.29, 1.82) is 0 Å². The highest BCUT2D eigenvalue weighted by molar-refractivity contribution is 9.10. The lowest BCUT2D eigenvalue weighted by molar-refractivity contribution is 0.176. The number of halogens is 1. The molecule has 0 aliphatic carbocycles.